The molecular weight excluding hydrogens is 276 g/mol. The number of hydrogen-bond acceptors (Lipinski definition) is 6. The Labute approximate surface area is 119 Å². The highest BCUT2D eigenvalue weighted by Gasteiger charge is 2.27. The summed E-state index contributed by atoms with van der Waals surface area (Å²) < 4.78 is 10.2. The Balaban J connectivity index is 2.09. The monoisotopic (exact) mass is 288 g/mol. The van der Waals surface area contributed by atoms with Gasteiger partial charge < -0.3 is 9.26 Å². The first-order chi connectivity index (χ1) is 10.1. The molecule has 0 fully saturated rings. The number of Topliss-reactive ketones (excluding diaryl/α,β-unsaturated/α-hetero) is 1. The van der Waals surface area contributed by atoms with Crippen LogP contribution < -0.4 is 4.74 Å². The minimum atomic E-state index is -0.510. The average Bonchev–Trinajstić information content (AvgIpc) is 2.92. The summed E-state index contributed by atoms with van der Waals surface area (Å²) in [6, 6.07) is 4.48. The van der Waals surface area contributed by atoms with Gasteiger partial charge in [0.25, 0.3) is 0 Å². The highest BCUT2D eigenvalue weighted by molar-refractivity contribution is 5.97. The number of hydrogen-bond donors (Lipinski definition) is 0. The van der Waals surface area contributed by atoms with E-state index >= 15 is 0 Å². The third-order valence-corrected chi connectivity index (χ3v) is 3.52. The van der Waals surface area contributed by atoms with Crippen LogP contribution in [0.25, 0.3) is 11.3 Å². The first-order valence-corrected chi connectivity index (χ1v) is 6.46. The molecule has 1 heterocycles. The van der Waals surface area contributed by atoms with Crippen LogP contribution in [0.4, 0.5) is 5.69 Å². The van der Waals surface area contributed by atoms with Crippen LogP contribution in [0.2, 0.25) is 0 Å². The summed E-state index contributed by atoms with van der Waals surface area (Å²) >= 11 is 0. The molecule has 0 saturated heterocycles. The second kappa shape index (κ2) is 5.01. The van der Waals surface area contributed by atoms with Crippen LogP contribution in [0.5, 0.6) is 5.75 Å². The molecule has 0 N–H and O–H groups in total. The fourth-order valence-electron chi connectivity index (χ4n) is 2.50. The van der Waals surface area contributed by atoms with Crippen LogP contribution in [0.3, 0.4) is 0 Å². The smallest absolute Gasteiger partial charge is 0.310 e. The third kappa shape index (κ3) is 2.16. The molecule has 108 valence electrons. The van der Waals surface area contributed by atoms with Crippen LogP contribution in [0.15, 0.2) is 22.7 Å². The van der Waals surface area contributed by atoms with Gasteiger partial charge in [-0.25, -0.2) is 0 Å². The number of nitro benzene ring substituents is 1. The fraction of sp³-hybridized carbons (Fsp3) is 0.286. The maximum atomic E-state index is 11.7. The van der Waals surface area contributed by atoms with Crippen molar-refractivity contribution in [1.82, 2.24) is 5.16 Å². The summed E-state index contributed by atoms with van der Waals surface area (Å²) in [4.78, 5) is 22.1. The summed E-state index contributed by atoms with van der Waals surface area (Å²) in [5.41, 5.74) is 1.83. The van der Waals surface area contributed by atoms with E-state index in [-0.39, 0.29) is 17.2 Å². The molecule has 0 unspecified atom stereocenters. The molecule has 0 atom stereocenters. The quantitative estimate of drug-likeness (QED) is 0.636. The van der Waals surface area contributed by atoms with Crippen molar-refractivity contribution >= 4 is 11.5 Å². The average molecular weight is 288 g/mol. The van der Waals surface area contributed by atoms with E-state index in [9.17, 15) is 14.9 Å². The number of rotatable bonds is 3. The first-order valence-electron chi connectivity index (χ1n) is 6.46. The molecule has 1 aromatic carbocycles. The summed E-state index contributed by atoms with van der Waals surface area (Å²) in [5, 5.41) is 14.8. The van der Waals surface area contributed by atoms with Crippen molar-refractivity contribution in [1.29, 1.82) is 0 Å². The van der Waals surface area contributed by atoms with Gasteiger partial charge in [-0.3, -0.25) is 14.9 Å². The molecule has 7 nitrogen and oxygen atoms in total. The number of nitro groups is 1. The minimum Gasteiger partial charge on any atom is -0.490 e. The molecule has 0 saturated carbocycles. The second-order valence-corrected chi connectivity index (χ2v) is 4.76. The van der Waals surface area contributed by atoms with Crippen LogP contribution in [-0.2, 0) is 6.42 Å². The topological polar surface area (TPSA) is 95.5 Å². The van der Waals surface area contributed by atoms with E-state index in [0.29, 0.717) is 29.9 Å². The van der Waals surface area contributed by atoms with Crippen molar-refractivity contribution in [2.45, 2.75) is 19.3 Å². The van der Waals surface area contributed by atoms with Crippen molar-refractivity contribution in [3.63, 3.8) is 0 Å². The zero-order valence-electron chi connectivity index (χ0n) is 11.3. The molecule has 0 spiro atoms. The Kier molecular flexibility index (Phi) is 3.17. The van der Waals surface area contributed by atoms with Crippen molar-refractivity contribution in [3.8, 4) is 17.0 Å². The van der Waals surface area contributed by atoms with Gasteiger partial charge in [0.1, 0.15) is 5.69 Å². The second-order valence-electron chi connectivity index (χ2n) is 4.76. The van der Waals surface area contributed by atoms with Gasteiger partial charge in [0.2, 0.25) is 11.5 Å². The van der Waals surface area contributed by atoms with E-state index in [2.05, 4.69) is 5.16 Å². The molecule has 3 rings (SSSR count). The maximum Gasteiger partial charge on any atom is 0.310 e. The largest absolute Gasteiger partial charge is 0.490 e. The predicted octanol–water partition coefficient (Wildman–Crippen LogP) is 2.78. The molecule has 2 aromatic rings. The number of ketones is 1. The van der Waals surface area contributed by atoms with Gasteiger partial charge >= 0.3 is 5.69 Å². The van der Waals surface area contributed by atoms with Gasteiger partial charge in [0, 0.05) is 23.6 Å². The number of ether oxygens (including phenoxy) is 1. The molecule has 1 aromatic heterocycles. The standard InChI is InChI=1S/C14H12N2O5/c1-20-12-7-8(5-6-10(12)16(18)19)13-9-3-2-4-11(17)14(9)21-15-13/h5-7H,2-4H2,1H3. The number of aromatic nitrogens is 1. The van der Waals surface area contributed by atoms with Gasteiger partial charge in [-0.2, -0.15) is 0 Å². The Bertz CT molecular complexity index is 735. The van der Waals surface area contributed by atoms with Crippen LogP contribution in [0.1, 0.15) is 29.0 Å². The van der Waals surface area contributed by atoms with E-state index in [4.69, 9.17) is 9.26 Å². The van der Waals surface area contributed by atoms with Crippen molar-refractivity contribution < 1.29 is 19.0 Å². The first kappa shape index (κ1) is 13.3. The SMILES string of the molecule is COc1cc(-c2noc3c2CCCC3=O)ccc1[N+](=O)[O-]. The van der Waals surface area contributed by atoms with Crippen LogP contribution in [-0.4, -0.2) is 23.0 Å². The lowest BCUT2D eigenvalue weighted by atomic mass is 9.93. The number of fused-ring (bicyclic) bond motifs is 1. The summed E-state index contributed by atoms with van der Waals surface area (Å²) in [7, 11) is 1.37. The number of carbonyl (C=O) groups excluding carboxylic acids is 1. The maximum absolute atomic E-state index is 11.7. The van der Waals surface area contributed by atoms with Gasteiger partial charge in [-0.05, 0) is 25.0 Å². The zero-order valence-corrected chi connectivity index (χ0v) is 11.3. The molecule has 7 heteroatoms. The Morgan fingerprint density at radius 1 is 1.38 bits per heavy atom. The molecule has 21 heavy (non-hydrogen) atoms. The van der Waals surface area contributed by atoms with E-state index in [1.165, 1.54) is 19.2 Å². The molecule has 1 aliphatic carbocycles. The third-order valence-electron chi connectivity index (χ3n) is 3.52. The molecular formula is C14H12N2O5. The molecule has 0 bridgehead atoms. The Morgan fingerprint density at radius 3 is 2.90 bits per heavy atom. The van der Waals surface area contributed by atoms with Gasteiger partial charge in [-0.15, -0.1) is 0 Å². The van der Waals surface area contributed by atoms with Crippen molar-refractivity contribution in [3.05, 3.63) is 39.6 Å². The zero-order chi connectivity index (χ0) is 15.0. The van der Waals surface area contributed by atoms with E-state index < -0.39 is 4.92 Å². The summed E-state index contributed by atoms with van der Waals surface area (Å²) in [6.45, 7) is 0. The fourth-order valence-corrected chi connectivity index (χ4v) is 2.50. The van der Waals surface area contributed by atoms with E-state index in [1.54, 1.807) is 6.07 Å². The number of benzene rings is 1. The molecule has 1 aliphatic rings. The van der Waals surface area contributed by atoms with E-state index in [0.717, 1.165) is 12.0 Å². The van der Waals surface area contributed by atoms with Crippen molar-refractivity contribution in [2.24, 2.45) is 0 Å². The van der Waals surface area contributed by atoms with Crippen molar-refractivity contribution in [2.75, 3.05) is 7.11 Å². The normalized spacial score (nSPS) is 13.9. The molecule has 0 radical (unpaired) electrons. The highest BCUT2D eigenvalue weighted by atomic mass is 16.6. The minimum absolute atomic E-state index is 0.0520. The predicted molar refractivity (Wildman–Crippen MR) is 72.4 cm³/mol. The lowest BCUT2D eigenvalue weighted by molar-refractivity contribution is -0.385. The summed E-state index contributed by atoms with van der Waals surface area (Å²) in [5.74, 6) is 0.397. The lowest BCUT2D eigenvalue weighted by Gasteiger charge is -2.09. The van der Waals surface area contributed by atoms with Gasteiger partial charge in [0.15, 0.2) is 5.75 Å². The molecule has 0 aliphatic heterocycles. The Hall–Kier alpha value is -2.70. The highest BCUT2D eigenvalue weighted by Crippen LogP contribution is 2.35. The number of methoxy groups -OCH3 is 1. The van der Waals surface area contributed by atoms with E-state index in [1.807, 2.05) is 0 Å². The van der Waals surface area contributed by atoms with Crippen LogP contribution in [0, 0.1) is 10.1 Å². The van der Waals surface area contributed by atoms with Gasteiger partial charge in [-0.1, -0.05) is 5.16 Å². The van der Waals surface area contributed by atoms with Gasteiger partial charge in [0.05, 0.1) is 12.0 Å². The Morgan fingerprint density at radius 2 is 2.19 bits per heavy atom. The summed E-state index contributed by atoms with van der Waals surface area (Å²) in [6.07, 6.45) is 1.93. The molecule has 0 amide bonds. The van der Waals surface area contributed by atoms with Crippen LogP contribution >= 0.6 is 0 Å². The number of carbonyl (C=O) groups is 1. The number of nitrogens with zero attached hydrogens (tertiary/aromatic N) is 2. The lowest BCUT2D eigenvalue weighted by Crippen LogP contribution is -2.08.